The second-order valence-corrected chi connectivity index (χ2v) is 7.09. The number of fused-ring (bicyclic) bond motifs is 1. The van der Waals surface area contributed by atoms with E-state index in [9.17, 15) is 14.4 Å². The predicted molar refractivity (Wildman–Crippen MR) is 93.9 cm³/mol. The molecule has 0 bridgehead atoms. The minimum absolute atomic E-state index is 0.0499. The first-order valence-corrected chi connectivity index (χ1v) is 8.67. The van der Waals surface area contributed by atoms with Gasteiger partial charge in [0.15, 0.2) is 0 Å². The van der Waals surface area contributed by atoms with Crippen LogP contribution in [0.25, 0.3) is 0 Å². The highest BCUT2D eigenvalue weighted by atomic mass is 16.2. The molecule has 0 radical (unpaired) electrons. The first kappa shape index (κ1) is 17.3. The Morgan fingerprint density at radius 3 is 2.68 bits per heavy atom. The van der Waals surface area contributed by atoms with Crippen LogP contribution in [0.3, 0.4) is 0 Å². The second-order valence-electron chi connectivity index (χ2n) is 7.09. The van der Waals surface area contributed by atoms with Gasteiger partial charge in [-0.3, -0.25) is 9.59 Å². The van der Waals surface area contributed by atoms with Crippen LogP contribution in [0.1, 0.15) is 26.7 Å². The van der Waals surface area contributed by atoms with Crippen LogP contribution in [0, 0.1) is 5.92 Å². The van der Waals surface area contributed by atoms with Crippen molar-refractivity contribution in [1.82, 2.24) is 15.5 Å². The van der Waals surface area contributed by atoms with Crippen molar-refractivity contribution < 1.29 is 14.4 Å². The Morgan fingerprint density at radius 2 is 2.00 bits per heavy atom. The number of amides is 4. The van der Waals surface area contributed by atoms with Gasteiger partial charge in [0, 0.05) is 12.2 Å². The molecule has 3 N–H and O–H groups in total. The Kier molecular flexibility index (Phi) is 4.92. The third kappa shape index (κ3) is 3.92. The van der Waals surface area contributed by atoms with Gasteiger partial charge in [0.05, 0.1) is 6.04 Å². The average molecular weight is 344 g/mol. The fourth-order valence-corrected chi connectivity index (χ4v) is 3.47. The van der Waals surface area contributed by atoms with Crippen molar-refractivity contribution >= 4 is 23.5 Å². The molecule has 1 aromatic rings. The van der Waals surface area contributed by atoms with Gasteiger partial charge in [0.1, 0.15) is 12.1 Å². The minimum Gasteiger partial charge on any atom is -0.342 e. The van der Waals surface area contributed by atoms with Crippen molar-refractivity contribution in [1.29, 1.82) is 0 Å². The fourth-order valence-electron chi connectivity index (χ4n) is 3.47. The zero-order valence-corrected chi connectivity index (χ0v) is 14.5. The summed E-state index contributed by atoms with van der Waals surface area (Å²) >= 11 is 0. The monoisotopic (exact) mass is 344 g/mol. The molecule has 2 aliphatic rings. The number of nitrogens with zero attached hydrogens (tertiary/aromatic N) is 1. The Balaban J connectivity index is 1.59. The largest absolute Gasteiger partial charge is 0.342 e. The summed E-state index contributed by atoms with van der Waals surface area (Å²) in [6.45, 7) is 4.41. The number of hydrogen-bond donors (Lipinski definition) is 3. The molecule has 2 aliphatic heterocycles. The number of para-hydroxylation sites is 1. The van der Waals surface area contributed by atoms with Crippen LogP contribution in [-0.4, -0.2) is 47.4 Å². The highest BCUT2D eigenvalue weighted by Gasteiger charge is 2.46. The number of anilines is 1. The van der Waals surface area contributed by atoms with Crippen molar-refractivity contribution in [2.75, 3.05) is 11.9 Å². The van der Waals surface area contributed by atoms with Gasteiger partial charge in [0.25, 0.3) is 0 Å². The number of carbonyl (C=O) groups is 3. The van der Waals surface area contributed by atoms with Crippen LogP contribution in [0.15, 0.2) is 30.3 Å². The molecule has 25 heavy (non-hydrogen) atoms. The molecule has 0 aromatic heterocycles. The number of piperazine rings is 1. The Bertz CT molecular complexity index is 662. The lowest BCUT2D eigenvalue weighted by Crippen LogP contribution is -2.61. The van der Waals surface area contributed by atoms with Crippen LogP contribution in [-0.2, 0) is 9.59 Å². The second kappa shape index (κ2) is 7.13. The molecule has 2 heterocycles. The zero-order valence-electron chi connectivity index (χ0n) is 14.5. The van der Waals surface area contributed by atoms with Gasteiger partial charge in [-0.15, -0.1) is 0 Å². The minimum atomic E-state index is -0.488. The highest BCUT2D eigenvalue weighted by molar-refractivity contribution is 5.98. The zero-order chi connectivity index (χ0) is 18.0. The molecule has 0 saturated carbocycles. The van der Waals surface area contributed by atoms with Crippen molar-refractivity contribution in [3.63, 3.8) is 0 Å². The maximum Gasteiger partial charge on any atom is 0.319 e. The molecule has 0 spiro atoms. The summed E-state index contributed by atoms with van der Waals surface area (Å²) in [5.41, 5.74) is 0.696. The summed E-state index contributed by atoms with van der Waals surface area (Å²) < 4.78 is 0. The number of urea groups is 1. The van der Waals surface area contributed by atoms with Crippen LogP contribution in [0.4, 0.5) is 10.5 Å². The topological polar surface area (TPSA) is 90.5 Å². The number of benzene rings is 1. The molecule has 7 nitrogen and oxygen atoms in total. The molecule has 134 valence electrons. The summed E-state index contributed by atoms with van der Waals surface area (Å²) in [6, 6.07) is 7.63. The first-order chi connectivity index (χ1) is 11.9. The van der Waals surface area contributed by atoms with E-state index in [2.05, 4.69) is 16.0 Å². The van der Waals surface area contributed by atoms with E-state index < -0.39 is 12.1 Å². The van der Waals surface area contributed by atoms with Crippen molar-refractivity contribution in [2.45, 2.75) is 44.8 Å². The average Bonchev–Trinajstić information content (AvgIpc) is 2.97. The van der Waals surface area contributed by atoms with E-state index in [0.717, 1.165) is 0 Å². The molecule has 0 aliphatic carbocycles. The Labute approximate surface area is 147 Å². The molecular weight excluding hydrogens is 320 g/mol. The van der Waals surface area contributed by atoms with Gasteiger partial charge in [-0.05, 0) is 30.9 Å². The number of carbonyl (C=O) groups excluding carboxylic acids is 3. The van der Waals surface area contributed by atoms with Gasteiger partial charge in [-0.25, -0.2) is 4.79 Å². The predicted octanol–water partition coefficient (Wildman–Crippen LogP) is 1.32. The van der Waals surface area contributed by atoms with E-state index in [1.165, 1.54) is 0 Å². The van der Waals surface area contributed by atoms with Crippen molar-refractivity contribution in [2.24, 2.45) is 5.92 Å². The van der Waals surface area contributed by atoms with E-state index in [1.54, 1.807) is 17.0 Å². The van der Waals surface area contributed by atoms with Gasteiger partial charge < -0.3 is 20.9 Å². The number of nitrogens with one attached hydrogen (secondary N) is 3. The lowest BCUT2D eigenvalue weighted by molar-refractivity contribution is -0.147. The normalized spacial score (nSPS) is 25.6. The van der Waals surface area contributed by atoms with Crippen molar-refractivity contribution in [3.05, 3.63) is 30.3 Å². The Morgan fingerprint density at radius 1 is 1.28 bits per heavy atom. The third-order valence-corrected chi connectivity index (χ3v) is 4.58. The van der Waals surface area contributed by atoms with E-state index in [4.69, 9.17) is 0 Å². The maximum absolute atomic E-state index is 12.6. The van der Waals surface area contributed by atoms with E-state index in [-0.39, 0.29) is 23.9 Å². The van der Waals surface area contributed by atoms with Gasteiger partial charge in [0.2, 0.25) is 11.8 Å². The molecule has 0 unspecified atom stereocenters. The Hall–Kier alpha value is -2.57. The van der Waals surface area contributed by atoms with Crippen LogP contribution in [0.5, 0.6) is 0 Å². The summed E-state index contributed by atoms with van der Waals surface area (Å²) in [7, 11) is 0. The summed E-state index contributed by atoms with van der Waals surface area (Å²) in [4.78, 5) is 38.6. The highest BCUT2D eigenvalue weighted by Crippen LogP contribution is 2.24. The van der Waals surface area contributed by atoms with Crippen LogP contribution >= 0.6 is 0 Å². The van der Waals surface area contributed by atoms with Crippen molar-refractivity contribution in [3.8, 4) is 0 Å². The first-order valence-electron chi connectivity index (χ1n) is 8.67. The summed E-state index contributed by atoms with van der Waals surface area (Å²) in [6.07, 6.45) is 1.06. The van der Waals surface area contributed by atoms with E-state index >= 15 is 0 Å². The standard InChI is InChI=1S/C18H24N4O3/c1-11(2)8-14-17(24)22-10-13(9-15(22)16(23)21-14)20-18(25)19-12-6-4-3-5-7-12/h3-7,11,13-15H,8-10H2,1-2H3,(H,21,23)(H2,19,20,25)/t13-,14+,15-/m0/s1. The summed E-state index contributed by atoms with van der Waals surface area (Å²) in [5, 5.41) is 8.43. The molecular formula is C18H24N4O3. The maximum atomic E-state index is 12.6. The molecule has 4 amide bonds. The van der Waals surface area contributed by atoms with Gasteiger partial charge in [-0.2, -0.15) is 0 Å². The molecule has 2 saturated heterocycles. The van der Waals surface area contributed by atoms with Gasteiger partial charge in [-0.1, -0.05) is 32.0 Å². The van der Waals surface area contributed by atoms with Gasteiger partial charge >= 0.3 is 6.03 Å². The smallest absolute Gasteiger partial charge is 0.319 e. The number of hydrogen-bond acceptors (Lipinski definition) is 3. The van der Waals surface area contributed by atoms with Crippen LogP contribution in [0.2, 0.25) is 0 Å². The summed E-state index contributed by atoms with van der Waals surface area (Å²) in [5.74, 6) is 0.142. The quantitative estimate of drug-likeness (QED) is 0.769. The van der Waals surface area contributed by atoms with E-state index in [1.807, 2.05) is 32.0 Å². The SMILES string of the molecule is CC(C)C[C@H]1NC(=O)[C@@H]2C[C@H](NC(=O)Nc3ccccc3)CN2C1=O. The number of rotatable bonds is 4. The van der Waals surface area contributed by atoms with E-state index in [0.29, 0.717) is 31.0 Å². The fraction of sp³-hybridized carbons (Fsp3) is 0.500. The molecule has 2 fully saturated rings. The lowest BCUT2D eigenvalue weighted by Gasteiger charge is -2.35. The third-order valence-electron chi connectivity index (χ3n) is 4.58. The molecule has 3 atom stereocenters. The van der Waals surface area contributed by atoms with Crippen LogP contribution < -0.4 is 16.0 Å². The molecule has 1 aromatic carbocycles. The molecule has 7 heteroatoms. The lowest BCUT2D eigenvalue weighted by atomic mass is 9.99. The molecule has 3 rings (SSSR count).